The number of aromatic nitrogens is 2. The van der Waals surface area contributed by atoms with E-state index in [1.807, 2.05) is 24.3 Å². The zero-order chi connectivity index (χ0) is 14.4. The molecule has 0 aliphatic rings. The van der Waals surface area contributed by atoms with Gasteiger partial charge in [-0.3, -0.25) is 5.10 Å². The Morgan fingerprint density at radius 2 is 2.00 bits per heavy atom. The van der Waals surface area contributed by atoms with Crippen molar-refractivity contribution in [3.05, 3.63) is 36.0 Å². The largest absolute Gasteiger partial charge is 0.493 e. The third-order valence-electron chi connectivity index (χ3n) is 2.93. The number of benzene rings is 1. The first-order valence-electron chi connectivity index (χ1n) is 7.17. The van der Waals surface area contributed by atoms with E-state index >= 15 is 0 Å². The van der Waals surface area contributed by atoms with Crippen LogP contribution in [0.2, 0.25) is 0 Å². The van der Waals surface area contributed by atoms with Crippen molar-refractivity contribution in [2.24, 2.45) is 5.92 Å². The molecule has 2 rings (SSSR count). The van der Waals surface area contributed by atoms with Gasteiger partial charge in [0.05, 0.1) is 12.3 Å². The third-order valence-corrected chi connectivity index (χ3v) is 2.93. The molecule has 0 aliphatic carbocycles. The van der Waals surface area contributed by atoms with Crippen molar-refractivity contribution < 1.29 is 4.74 Å². The molecule has 4 heteroatoms. The molecule has 0 radical (unpaired) electrons. The van der Waals surface area contributed by atoms with E-state index in [0.29, 0.717) is 5.92 Å². The van der Waals surface area contributed by atoms with Gasteiger partial charge in [-0.25, -0.2) is 0 Å². The quantitative estimate of drug-likeness (QED) is 0.814. The smallest absolute Gasteiger partial charge is 0.119 e. The number of nitrogens with zero attached hydrogens (tertiary/aromatic N) is 1. The van der Waals surface area contributed by atoms with Gasteiger partial charge >= 0.3 is 0 Å². The summed E-state index contributed by atoms with van der Waals surface area (Å²) in [6, 6.07) is 10.2. The maximum absolute atomic E-state index is 5.68. The van der Waals surface area contributed by atoms with Crippen LogP contribution < -0.4 is 10.1 Å². The summed E-state index contributed by atoms with van der Waals surface area (Å²) in [5.41, 5.74) is 3.16. The summed E-state index contributed by atoms with van der Waals surface area (Å²) >= 11 is 0. The molecule has 0 fully saturated rings. The summed E-state index contributed by atoms with van der Waals surface area (Å²) in [7, 11) is 0. The van der Waals surface area contributed by atoms with Crippen LogP contribution >= 0.6 is 0 Å². The van der Waals surface area contributed by atoms with Crippen molar-refractivity contribution >= 4 is 0 Å². The van der Waals surface area contributed by atoms with Gasteiger partial charge in [-0.2, -0.15) is 5.10 Å². The SMILES string of the molecule is CCNCc1cc(-c2ccc(OCC(C)C)cc2)n[nH]1. The second-order valence-electron chi connectivity index (χ2n) is 5.29. The Bertz CT molecular complexity index is 517. The van der Waals surface area contributed by atoms with Crippen molar-refractivity contribution in [3.63, 3.8) is 0 Å². The fraction of sp³-hybridized carbons (Fsp3) is 0.438. The van der Waals surface area contributed by atoms with E-state index in [-0.39, 0.29) is 0 Å². The monoisotopic (exact) mass is 273 g/mol. The Kier molecular flexibility index (Phi) is 5.18. The Hall–Kier alpha value is -1.81. The Labute approximate surface area is 120 Å². The van der Waals surface area contributed by atoms with Crippen molar-refractivity contribution in [1.29, 1.82) is 0 Å². The molecule has 1 heterocycles. The van der Waals surface area contributed by atoms with Crippen LogP contribution in [-0.4, -0.2) is 23.3 Å². The van der Waals surface area contributed by atoms with Gasteiger partial charge in [0.15, 0.2) is 0 Å². The molecule has 0 amide bonds. The molecule has 0 saturated heterocycles. The van der Waals surface area contributed by atoms with Crippen LogP contribution in [0.4, 0.5) is 0 Å². The topological polar surface area (TPSA) is 49.9 Å². The van der Waals surface area contributed by atoms with Crippen LogP contribution in [0.5, 0.6) is 5.75 Å². The predicted molar refractivity (Wildman–Crippen MR) is 81.7 cm³/mol. The molecular weight excluding hydrogens is 250 g/mol. The molecule has 0 unspecified atom stereocenters. The van der Waals surface area contributed by atoms with Crippen molar-refractivity contribution in [3.8, 4) is 17.0 Å². The van der Waals surface area contributed by atoms with Crippen LogP contribution in [0.15, 0.2) is 30.3 Å². The van der Waals surface area contributed by atoms with Gasteiger partial charge in [-0.1, -0.05) is 20.8 Å². The summed E-state index contributed by atoms with van der Waals surface area (Å²) in [5, 5.41) is 10.7. The van der Waals surface area contributed by atoms with Crippen LogP contribution in [0.25, 0.3) is 11.3 Å². The molecule has 0 spiro atoms. The molecule has 0 aliphatic heterocycles. The second-order valence-corrected chi connectivity index (χ2v) is 5.29. The minimum Gasteiger partial charge on any atom is -0.493 e. The minimum atomic E-state index is 0.537. The highest BCUT2D eigenvalue weighted by atomic mass is 16.5. The molecule has 20 heavy (non-hydrogen) atoms. The number of ether oxygens (including phenoxy) is 1. The Balaban J connectivity index is 2.00. The van der Waals surface area contributed by atoms with Crippen molar-refractivity contribution in [2.45, 2.75) is 27.3 Å². The number of aromatic amines is 1. The number of H-pyrrole nitrogens is 1. The van der Waals surface area contributed by atoms with E-state index in [2.05, 4.69) is 42.4 Å². The van der Waals surface area contributed by atoms with Gasteiger partial charge in [-0.15, -0.1) is 0 Å². The third kappa shape index (κ3) is 4.10. The van der Waals surface area contributed by atoms with E-state index < -0.39 is 0 Å². The van der Waals surface area contributed by atoms with Gasteiger partial charge < -0.3 is 10.1 Å². The van der Waals surface area contributed by atoms with E-state index in [1.54, 1.807) is 0 Å². The van der Waals surface area contributed by atoms with E-state index in [4.69, 9.17) is 4.74 Å². The first-order chi connectivity index (χ1) is 9.69. The molecular formula is C16H23N3O. The second kappa shape index (κ2) is 7.10. The van der Waals surface area contributed by atoms with Crippen LogP contribution in [0, 0.1) is 5.92 Å². The predicted octanol–water partition coefficient (Wildman–Crippen LogP) is 3.22. The number of hydrogen-bond donors (Lipinski definition) is 2. The highest BCUT2D eigenvalue weighted by Gasteiger charge is 2.04. The first-order valence-corrected chi connectivity index (χ1v) is 7.17. The summed E-state index contributed by atoms with van der Waals surface area (Å²) in [6.45, 7) is 8.89. The summed E-state index contributed by atoms with van der Waals surface area (Å²) in [5.74, 6) is 1.44. The number of hydrogen-bond acceptors (Lipinski definition) is 3. The van der Waals surface area contributed by atoms with Gasteiger partial charge in [-0.05, 0) is 42.8 Å². The summed E-state index contributed by atoms with van der Waals surface area (Å²) < 4.78 is 5.68. The first kappa shape index (κ1) is 14.6. The summed E-state index contributed by atoms with van der Waals surface area (Å²) in [6.07, 6.45) is 0. The van der Waals surface area contributed by atoms with Gasteiger partial charge in [0.25, 0.3) is 0 Å². The zero-order valence-electron chi connectivity index (χ0n) is 12.4. The molecule has 4 nitrogen and oxygen atoms in total. The van der Waals surface area contributed by atoms with Crippen LogP contribution in [0.1, 0.15) is 26.5 Å². The maximum Gasteiger partial charge on any atom is 0.119 e. The number of rotatable bonds is 7. The van der Waals surface area contributed by atoms with Gasteiger partial charge in [0.2, 0.25) is 0 Å². The normalized spacial score (nSPS) is 11.0. The lowest BCUT2D eigenvalue weighted by Gasteiger charge is -2.08. The lowest BCUT2D eigenvalue weighted by molar-refractivity contribution is 0.271. The molecule has 0 bridgehead atoms. The Morgan fingerprint density at radius 1 is 1.25 bits per heavy atom. The highest BCUT2D eigenvalue weighted by molar-refractivity contribution is 5.60. The average Bonchev–Trinajstić information content (AvgIpc) is 2.92. The highest BCUT2D eigenvalue weighted by Crippen LogP contribution is 2.21. The van der Waals surface area contributed by atoms with Crippen LogP contribution in [-0.2, 0) is 6.54 Å². The molecule has 108 valence electrons. The van der Waals surface area contributed by atoms with Gasteiger partial charge in [0, 0.05) is 17.8 Å². The average molecular weight is 273 g/mol. The molecule has 2 aromatic rings. The molecule has 1 aromatic carbocycles. The van der Waals surface area contributed by atoms with Crippen molar-refractivity contribution in [2.75, 3.05) is 13.2 Å². The minimum absolute atomic E-state index is 0.537. The molecule has 0 saturated carbocycles. The lowest BCUT2D eigenvalue weighted by atomic mass is 10.1. The lowest BCUT2D eigenvalue weighted by Crippen LogP contribution is -2.11. The van der Waals surface area contributed by atoms with Gasteiger partial charge in [0.1, 0.15) is 5.75 Å². The molecule has 2 N–H and O–H groups in total. The van der Waals surface area contributed by atoms with E-state index in [0.717, 1.165) is 42.4 Å². The fourth-order valence-electron chi connectivity index (χ4n) is 1.84. The molecule has 1 aromatic heterocycles. The fourth-order valence-corrected chi connectivity index (χ4v) is 1.84. The number of nitrogens with one attached hydrogen (secondary N) is 2. The Morgan fingerprint density at radius 3 is 2.65 bits per heavy atom. The maximum atomic E-state index is 5.68. The van der Waals surface area contributed by atoms with E-state index in [1.165, 1.54) is 0 Å². The van der Waals surface area contributed by atoms with Crippen LogP contribution in [0.3, 0.4) is 0 Å². The summed E-state index contributed by atoms with van der Waals surface area (Å²) in [4.78, 5) is 0. The zero-order valence-corrected chi connectivity index (χ0v) is 12.4. The molecule has 0 atom stereocenters. The van der Waals surface area contributed by atoms with Crippen molar-refractivity contribution in [1.82, 2.24) is 15.5 Å². The van der Waals surface area contributed by atoms with E-state index in [9.17, 15) is 0 Å². The standard InChI is InChI=1S/C16H23N3O/c1-4-17-10-14-9-16(19-18-14)13-5-7-15(8-6-13)20-11-12(2)3/h5-9,12,17H,4,10-11H2,1-3H3,(H,18,19).